The van der Waals surface area contributed by atoms with Gasteiger partial charge in [-0.3, -0.25) is 4.79 Å². The van der Waals surface area contributed by atoms with Gasteiger partial charge < -0.3 is 10.2 Å². The number of nitrogens with one attached hydrogen (secondary N) is 1. The zero-order chi connectivity index (χ0) is 12.9. The van der Waals surface area contributed by atoms with Crippen LogP contribution in [0.4, 0.5) is 0 Å². The molecule has 0 aromatic rings. The first-order valence-corrected chi connectivity index (χ1v) is 7.09. The first-order valence-electron chi connectivity index (χ1n) is 7.09. The molecule has 0 unspecified atom stereocenters. The number of rotatable bonds is 11. The van der Waals surface area contributed by atoms with Crippen molar-refractivity contribution in [2.75, 3.05) is 27.2 Å². The van der Waals surface area contributed by atoms with E-state index >= 15 is 0 Å². The average Bonchev–Trinajstić information content (AvgIpc) is 2.31. The zero-order valence-corrected chi connectivity index (χ0v) is 11.9. The highest BCUT2D eigenvalue weighted by molar-refractivity contribution is 5.77. The van der Waals surface area contributed by atoms with Crippen LogP contribution in [-0.2, 0) is 4.79 Å². The Labute approximate surface area is 107 Å². The van der Waals surface area contributed by atoms with Crippen LogP contribution in [0.15, 0.2) is 0 Å². The third-order valence-electron chi connectivity index (χ3n) is 2.98. The molecule has 0 radical (unpaired) electrons. The lowest BCUT2D eigenvalue weighted by Gasteiger charge is -2.10. The molecule has 0 aliphatic carbocycles. The lowest BCUT2D eigenvalue weighted by atomic mass is 10.1. The van der Waals surface area contributed by atoms with E-state index in [4.69, 9.17) is 0 Å². The summed E-state index contributed by atoms with van der Waals surface area (Å²) in [5, 5.41) is 3.19. The van der Waals surface area contributed by atoms with Gasteiger partial charge in [0.15, 0.2) is 0 Å². The Kier molecular flexibility index (Phi) is 11.5. The molecule has 0 aromatic heterocycles. The van der Waals surface area contributed by atoms with Crippen molar-refractivity contribution in [3.63, 3.8) is 0 Å². The van der Waals surface area contributed by atoms with Crippen LogP contribution in [0.25, 0.3) is 0 Å². The number of amides is 1. The summed E-state index contributed by atoms with van der Waals surface area (Å²) in [5.41, 5.74) is 0. The van der Waals surface area contributed by atoms with Gasteiger partial charge in [0.05, 0.1) is 6.54 Å². The Morgan fingerprint density at radius 3 is 2.00 bits per heavy atom. The molecule has 0 spiro atoms. The lowest BCUT2D eigenvalue weighted by Crippen LogP contribution is -2.33. The minimum atomic E-state index is 0.157. The van der Waals surface area contributed by atoms with Crippen LogP contribution in [0, 0.1) is 0 Å². The minimum Gasteiger partial charge on any atom is -0.348 e. The second-order valence-electron chi connectivity index (χ2n) is 4.94. The monoisotopic (exact) mass is 242 g/mol. The fourth-order valence-electron chi connectivity index (χ4n) is 1.74. The molecule has 1 N–H and O–H groups in total. The van der Waals surface area contributed by atoms with Gasteiger partial charge in [0.1, 0.15) is 0 Å². The number of likely N-dealkylation sites (N-methyl/N-ethyl adjacent to an activating group) is 1. The highest BCUT2D eigenvalue weighted by atomic mass is 16.2. The van der Waals surface area contributed by atoms with Gasteiger partial charge in [0.2, 0.25) is 5.91 Å². The highest BCUT2D eigenvalue weighted by Gasteiger charge is 2.01. The van der Waals surface area contributed by atoms with Gasteiger partial charge >= 0.3 is 0 Å². The lowest BCUT2D eigenvalue weighted by molar-refractivity contribution is -0.127. The first kappa shape index (κ1) is 16.4. The Bertz CT molecular complexity index is 181. The highest BCUT2D eigenvalue weighted by Crippen LogP contribution is 2.07. The molecule has 0 aliphatic heterocycles. The summed E-state index contributed by atoms with van der Waals surface area (Å²) < 4.78 is 0. The largest absolute Gasteiger partial charge is 0.348 e. The van der Waals surface area contributed by atoms with Gasteiger partial charge in [0, 0.05) is 14.1 Å². The fraction of sp³-hybridized carbons (Fsp3) is 0.929. The van der Waals surface area contributed by atoms with E-state index in [9.17, 15) is 4.79 Å². The summed E-state index contributed by atoms with van der Waals surface area (Å²) in [4.78, 5) is 12.9. The predicted molar refractivity (Wildman–Crippen MR) is 74.2 cm³/mol. The first-order chi connectivity index (χ1) is 8.18. The summed E-state index contributed by atoms with van der Waals surface area (Å²) >= 11 is 0. The van der Waals surface area contributed by atoms with Gasteiger partial charge in [-0.15, -0.1) is 0 Å². The van der Waals surface area contributed by atoms with Crippen LogP contribution in [0.2, 0.25) is 0 Å². The molecule has 0 aromatic carbocycles. The molecule has 3 heteroatoms. The number of carbonyl (C=O) groups is 1. The van der Waals surface area contributed by atoms with Crippen LogP contribution in [-0.4, -0.2) is 38.0 Å². The van der Waals surface area contributed by atoms with Crippen molar-refractivity contribution in [3.05, 3.63) is 0 Å². The second-order valence-corrected chi connectivity index (χ2v) is 4.94. The van der Waals surface area contributed by atoms with Crippen molar-refractivity contribution >= 4 is 5.91 Å². The fourth-order valence-corrected chi connectivity index (χ4v) is 1.74. The topological polar surface area (TPSA) is 32.3 Å². The molecule has 0 rings (SSSR count). The van der Waals surface area contributed by atoms with Crippen molar-refractivity contribution in [2.45, 2.75) is 58.3 Å². The molecule has 0 fully saturated rings. The van der Waals surface area contributed by atoms with E-state index < -0.39 is 0 Å². The number of carbonyl (C=O) groups excluding carboxylic acids is 1. The van der Waals surface area contributed by atoms with Gasteiger partial charge in [-0.1, -0.05) is 51.9 Å². The molecule has 0 bridgehead atoms. The molecule has 0 aliphatic rings. The Morgan fingerprint density at radius 2 is 1.47 bits per heavy atom. The maximum atomic E-state index is 11.2. The van der Waals surface area contributed by atoms with E-state index in [1.165, 1.54) is 51.4 Å². The van der Waals surface area contributed by atoms with E-state index in [2.05, 4.69) is 12.2 Å². The van der Waals surface area contributed by atoms with Crippen LogP contribution >= 0.6 is 0 Å². The SMILES string of the molecule is CCCCCCCCCCNCC(=O)N(C)C. The van der Waals surface area contributed by atoms with E-state index in [1.54, 1.807) is 19.0 Å². The van der Waals surface area contributed by atoms with Crippen LogP contribution in [0.1, 0.15) is 58.3 Å². The Morgan fingerprint density at radius 1 is 0.941 bits per heavy atom. The van der Waals surface area contributed by atoms with Crippen molar-refractivity contribution < 1.29 is 4.79 Å². The standard InChI is InChI=1S/C14H30N2O/c1-4-5-6-7-8-9-10-11-12-15-13-14(17)16(2)3/h15H,4-13H2,1-3H3. The van der Waals surface area contributed by atoms with Gasteiger partial charge in [-0.05, 0) is 13.0 Å². The van der Waals surface area contributed by atoms with E-state index in [-0.39, 0.29) is 5.91 Å². The third kappa shape index (κ3) is 11.7. The average molecular weight is 242 g/mol. The summed E-state index contributed by atoms with van der Waals surface area (Å²) in [7, 11) is 3.58. The number of unbranched alkanes of at least 4 members (excludes halogenated alkanes) is 7. The maximum Gasteiger partial charge on any atom is 0.236 e. The molecular formula is C14H30N2O. The second kappa shape index (κ2) is 11.9. The third-order valence-corrected chi connectivity index (χ3v) is 2.98. The van der Waals surface area contributed by atoms with Gasteiger partial charge in [0.25, 0.3) is 0 Å². The molecule has 0 heterocycles. The molecule has 102 valence electrons. The number of hydrogen-bond acceptors (Lipinski definition) is 2. The minimum absolute atomic E-state index is 0.157. The molecule has 3 nitrogen and oxygen atoms in total. The number of hydrogen-bond donors (Lipinski definition) is 1. The van der Waals surface area contributed by atoms with Crippen molar-refractivity contribution in [3.8, 4) is 0 Å². The van der Waals surface area contributed by atoms with Crippen molar-refractivity contribution in [1.29, 1.82) is 0 Å². The zero-order valence-electron chi connectivity index (χ0n) is 11.9. The van der Waals surface area contributed by atoms with Crippen LogP contribution < -0.4 is 5.32 Å². The number of nitrogens with zero attached hydrogens (tertiary/aromatic N) is 1. The van der Waals surface area contributed by atoms with Crippen molar-refractivity contribution in [1.82, 2.24) is 10.2 Å². The summed E-state index contributed by atoms with van der Waals surface area (Å²) in [6.07, 6.45) is 10.7. The van der Waals surface area contributed by atoms with E-state index in [0.29, 0.717) is 6.54 Å². The molecular weight excluding hydrogens is 212 g/mol. The van der Waals surface area contributed by atoms with Crippen LogP contribution in [0.3, 0.4) is 0 Å². The smallest absolute Gasteiger partial charge is 0.236 e. The molecule has 0 saturated carbocycles. The predicted octanol–water partition coefficient (Wildman–Crippen LogP) is 2.80. The molecule has 0 atom stereocenters. The maximum absolute atomic E-state index is 11.2. The van der Waals surface area contributed by atoms with Gasteiger partial charge in [-0.2, -0.15) is 0 Å². The van der Waals surface area contributed by atoms with Crippen LogP contribution in [0.5, 0.6) is 0 Å². The van der Waals surface area contributed by atoms with Crippen molar-refractivity contribution in [2.24, 2.45) is 0 Å². The molecule has 1 amide bonds. The quantitative estimate of drug-likeness (QED) is 0.565. The van der Waals surface area contributed by atoms with E-state index in [0.717, 1.165) is 6.54 Å². The Hall–Kier alpha value is -0.570. The molecule has 17 heavy (non-hydrogen) atoms. The van der Waals surface area contributed by atoms with Gasteiger partial charge in [-0.25, -0.2) is 0 Å². The Balaban J connectivity index is 3.06. The van der Waals surface area contributed by atoms with E-state index in [1.807, 2.05) is 0 Å². The summed E-state index contributed by atoms with van der Waals surface area (Å²) in [6, 6.07) is 0. The summed E-state index contributed by atoms with van der Waals surface area (Å²) in [6.45, 7) is 3.69. The normalized spacial score (nSPS) is 10.5. The summed E-state index contributed by atoms with van der Waals surface area (Å²) in [5.74, 6) is 0.157. The molecule has 0 saturated heterocycles.